The van der Waals surface area contributed by atoms with Gasteiger partial charge in [-0.05, 0) is 30.2 Å². The van der Waals surface area contributed by atoms with E-state index in [0.29, 0.717) is 0 Å². The maximum absolute atomic E-state index is 4.56. The van der Waals surface area contributed by atoms with E-state index < -0.39 is 0 Å². The molecule has 0 amide bonds. The minimum atomic E-state index is 0.781. The van der Waals surface area contributed by atoms with E-state index in [1.54, 1.807) is 18.0 Å². The van der Waals surface area contributed by atoms with Gasteiger partial charge in [-0.25, -0.2) is 4.99 Å². The summed E-state index contributed by atoms with van der Waals surface area (Å²) in [4.78, 5) is 9.87. The highest BCUT2D eigenvalue weighted by atomic mass is 32.2. The van der Waals surface area contributed by atoms with E-state index in [-0.39, 0.29) is 0 Å². The minimum absolute atomic E-state index is 0.781. The third-order valence-corrected chi connectivity index (χ3v) is 3.79. The second-order valence-electron chi connectivity index (χ2n) is 4.18. The predicted octanol–water partition coefficient (Wildman–Crippen LogP) is 2.63. The van der Waals surface area contributed by atoms with Crippen LogP contribution in [0.5, 0.6) is 0 Å². The average Bonchev–Trinajstić information content (AvgIpc) is 2.59. The fraction of sp³-hybridized carbons (Fsp3) is 0.0625. The third-order valence-electron chi connectivity index (χ3n) is 2.86. The van der Waals surface area contributed by atoms with Gasteiger partial charge < -0.3 is 0 Å². The molecule has 0 spiro atoms. The van der Waals surface area contributed by atoms with Crippen molar-refractivity contribution in [2.24, 2.45) is 4.99 Å². The van der Waals surface area contributed by atoms with Crippen LogP contribution in [0.4, 0.5) is 0 Å². The summed E-state index contributed by atoms with van der Waals surface area (Å²) in [6.45, 7) is 4.02. The summed E-state index contributed by atoms with van der Waals surface area (Å²) in [5.74, 6) is 0. The van der Waals surface area contributed by atoms with E-state index in [9.17, 15) is 0 Å². The molecule has 1 aliphatic heterocycles. The number of hydrogen-bond donors (Lipinski definition) is 0. The fourth-order valence-corrected chi connectivity index (χ4v) is 2.75. The van der Waals surface area contributed by atoms with E-state index in [2.05, 4.69) is 34.4 Å². The summed E-state index contributed by atoms with van der Waals surface area (Å²) < 4.78 is 0. The molecule has 0 N–H and O–H groups in total. The smallest absolute Gasteiger partial charge is 0.0943 e. The van der Waals surface area contributed by atoms with Gasteiger partial charge in [-0.1, -0.05) is 36.6 Å². The van der Waals surface area contributed by atoms with Gasteiger partial charge in [0.25, 0.3) is 0 Å². The van der Waals surface area contributed by atoms with Crippen LogP contribution < -0.4 is 10.6 Å². The number of aromatic nitrogens is 1. The maximum atomic E-state index is 4.56. The monoisotopic (exact) mass is 264 g/mol. The number of rotatable bonds is 0. The van der Waals surface area contributed by atoms with Crippen molar-refractivity contribution < 1.29 is 0 Å². The summed E-state index contributed by atoms with van der Waals surface area (Å²) in [7, 11) is 0. The zero-order chi connectivity index (χ0) is 13.1. The van der Waals surface area contributed by atoms with Gasteiger partial charge in [0, 0.05) is 22.5 Å². The summed E-state index contributed by atoms with van der Waals surface area (Å²) in [5, 5.41) is 2.75. The molecule has 2 heterocycles. The Hall–Kier alpha value is -2.09. The van der Waals surface area contributed by atoms with Gasteiger partial charge in [-0.15, -0.1) is 5.73 Å². The Balaban J connectivity index is 2.18. The molecule has 0 radical (unpaired) electrons. The minimum Gasteiger partial charge on any atom is -0.264 e. The molecule has 1 aromatic heterocycles. The lowest BCUT2D eigenvalue weighted by molar-refractivity contribution is 1.19. The highest BCUT2D eigenvalue weighted by Crippen LogP contribution is 2.31. The molecule has 1 aliphatic carbocycles. The quantitative estimate of drug-likeness (QED) is 0.673. The number of fused-ring (bicyclic) bond motifs is 1. The van der Waals surface area contributed by atoms with Crippen molar-refractivity contribution in [3.8, 4) is 0 Å². The van der Waals surface area contributed by atoms with Gasteiger partial charge in [0.15, 0.2) is 0 Å². The summed E-state index contributed by atoms with van der Waals surface area (Å²) in [6.07, 6.45) is 14.6. The average molecular weight is 264 g/mol. The van der Waals surface area contributed by atoms with Crippen molar-refractivity contribution in [1.29, 1.82) is 0 Å². The van der Waals surface area contributed by atoms with Crippen LogP contribution in [-0.4, -0.2) is 4.98 Å². The molecule has 0 saturated heterocycles. The molecule has 3 rings (SSSR count). The van der Waals surface area contributed by atoms with E-state index in [4.69, 9.17) is 0 Å². The predicted molar refractivity (Wildman–Crippen MR) is 79.7 cm³/mol. The summed E-state index contributed by atoms with van der Waals surface area (Å²) in [5.41, 5.74) is 4.38. The van der Waals surface area contributed by atoms with Crippen LogP contribution in [0.25, 0.3) is 6.08 Å². The Kier molecular flexibility index (Phi) is 3.32. The van der Waals surface area contributed by atoms with Crippen molar-refractivity contribution in [2.75, 3.05) is 0 Å². The molecule has 0 aromatic carbocycles. The lowest BCUT2D eigenvalue weighted by Gasteiger charge is -2.04. The van der Waals surface area contributed by atoms with Crippen LogP contribution in [0, 0.1) is 0 Å². The van der Waals surface area contributed by atoms with Gasteiger partial charge in [0.2, 0.25) is 0 Å². The van der Waals surface area contributed by atoms with Gasteiger partial charge in [0.05, 0.1) is 10.4 Å². The standard InChI is InChI=1S/C16H12N2S/c1-12-18-15-9-10-17-11-14(15)8-7-13-5-3-2-4-6-16(13)19-12/h2-3,5-6,8-11H,1,7H2/b14-8-,18-15?. The van der Waals surface area contributed by atoms with Crippen molar-refractivity contribution in [3.63, 3.8) is 0 Å². The molecule has 92 valence electrons. The Labute approximate surface area is 116 Å². The highest BCUT2D eigenvalue weighted by molar-refractivity contribution is 8.06. The molecule has 2 aliphatic rings. The first-order valence-corrected chi connectivity index (χ1v) is 6.82. The second-order valence-corrected chi connectivity index (χ2v) is 5.29. The molecule has 0 unspecified atom stereocenters. The summed E-state index contributed by atoms with van der Waals surface area (Å²) >= 11 is 1.58. The second kappa shape index (κ2) is 5.27. The topological polar surface area (TPSA) is 25.2 Å². The number of thioether (sulfide) groups is 1. The molecular formula is C16H12N2S. The number of pyridine rings is 1. The lowest BCUT2D eigenvalue weighted by Crippen LogP contribution is -2.24. The highest BCUT2D eigenvalue weighted by Gasteiger charge is 2.07. The molecule has 1 aromatic rings. The van der Waals surface area contributed by atoms with Gasteiger partial charge in [-0.3, -0.25) is 4.98 Å². The van der Waals surface area contributed by atoms with E-state index in [1.165, 1.54) is 5.57 Å². The van der Waals surface area contributed by atoms with Crippen LogP contribution in [0.15, 0.2) is 75.6 Å². The van der Waals surface area contributed by atoms with Gasteiger partial charge in [0.1, 0.15) is 0 Å². The Morgan fingerprint density at radius 3 is 3.26 bits per heavy atom. The number of allylic oxidation sites excluding steroid dienone is 4. The molecule has 3 heteroatoms. The number of hydrogen-bond acceptors (Lipinski definition) is 3. The van der Waals surface area contributed by atoms with Gasteiger partial charge >= 0.3 is 0 Å². The SMILES string of the molecule is C=C1N=c2ccnc/c2=C/CC2=C(C=C=CC=C2)S1. The summed E-state index contributed by atoms with van der Waals surface area (Å²) in [6, 6.07) is 1.92. The first kappa shape index (κ1) is 12.0. The van der Waals surface area contributed by atoms with Crippen molar-refractivity contribution in [2.45, 2.75) is 6.42 Å². The van der Waals surface area contributed by atoms with Crippen molar-refractivity contribution in [1.82, 2.24) is 4.98 Å². The van der Waals surface area contributed by atoms with Crippen LogP contribution >= 0.6 is 11.8 Å². The number of nitrogens with zero attached hydrogens (tertiary/aromatic N) is 2. The van der Waals surface area contributed by atoms with Crippen LogP contribution in [0.1, 0.15) is 6.42 Å². The maximum Gasteiger partial charge on any atom is 0.0943 e. The zero-order valence-corrected chi connectivity index (χ0v) is 11.2. The molecule has 2 nitrogen and oxygen atoms in total. The molecule has 0 bridgehead atoms. The van der Waals surface area contributed by atoms with Crippen molar-refractivity contribution in [3.05, 3.63) is 81.2 Å². The van der Waals surface area contributed by atoms with Crippen LogP contribution in [0.3, 0.4) is 0 Å². The molecule has 0 atom stereocenters. The molecular weight excluding hydrogens is 252 g/mol. The first-order valence-electron chi connectivity index (χ1n) is 6.01. The largest absolute Gasteiger partial charge is 0.264 e. The fourth-order valence-electron chi connectivity index (χ4n) is 1.94. The normalized spacial score (nSPS) is 19.2. The van der Waals surface area contributed by atoms with Crippen LogP contribution in [0.2, 0.25) is 0 Å². The molecule has 0 saturated carbocycles. The Morgan fingerprint density at radius 2 is 2.32 bits per heavy atom. The van der Waals surface area contributed by atoms with Gasteiger partial charge in [-0.2, -0.15) is 0 Å². The zero-order valence-electron chi connectivity index (χ0n) is 10.3. The Morgan fingerprint density at radius 1 is 1.37 bits per heavy atom. The first-order chi connectivity index (χ1) is 9.33. The van der Waals surface area contributed by atoms with E-state index in [1.807, 2.05) is 30.5 Å². The Bertz CT molecular complexity index is 775. The van der Waals surface area contributed by atoms with E-state index >= 15 is 0 Å². The third kappa shape index (κ3) is 2.68. The lowest BCUT2D eigenvalue weighted by atomic mass is 10.1. The van der Waals surface area contributed by atoms with E-state index in [0.717, 1.165) is 26.9 Å². The molecule has 19 heavy (non-hydrogen) atoms. The molecule has 0 fully saturated rings. The van der Waals surface area contributed by atoms with Crippen molar-refractivity contribution >= 4 is 17.8 Å². The van der Waals surface area contributed by atoms with Crippen LogP contribution in [-0.2, 0) is 0 Å².